The Kier molecular flexibility index (Phi) is 4.20. The highest BCUT2D eigenvalue weighted by Gasteiger charge is 2.12. The Morgan fingerprint density at radius 2 is 1.25 bits per heavy atom. The van der Waals surface area contributed by atoms with Crippen molar-refractivity contribution in [2.75, 3.05) is 0 Å². The number of hydrogen-bond donors (Lipinski definition) is 3. The van der Waals surface area contributed by atoms with Gasteiger partial charge in [0.1, 0.15) is 5.75 Å². The van der Waals surface area contributed by atoms with Gasteiger partial charge in [-0.2, -0.15) is 0 Å². The number of benzene rings is 2. The van der Waals surface area contributed by atoms with E-state index in [9.17, 15) is 0 Å². The zero-order valence-corrected chi connectivity index (χ0v) is 11.4. The van der Waals surface area contributed by atoms with E-state index in [0.717, 1.165) is 11.1 Å². The van der Waals surface area contributed by atoms with Crippen molar-refractivity contribution in [3.05, 3.63) is 65.2 Å². The number of aryl methyl sites for hydroxylation is 1. The van der Waals surface area contributed by atoms with Crippen LogP contribution in [0.15, 0.2) is 48.5 Å². The summed E-state index contributed by atoms with van der Waals surface area (Å²) in [5.74, 6) is -1.12. The summed E-state index contributed by atoms with van der Waals surface area (Å²) in [6, 6.07) is 15.7. The van der Waals surface area contributed by atoms with Gasteiger partial charge in [-0.05, 0) is 30.2 Å². The fourth-order valence-electron chi connectivity index (χ4n) is 1.72. The Bertz CT molecular complexity index is 581. The predicted molar refractivity (Wildman–Crippen MR) is 82.5 cm³/mol. The highest BCUT2D eigenvalue weighted by atomic mass is 16.5. The summed E-state index contributed by atoms with van der Waals surface area (Å²) in [6.45, 7) is 2.07. The predicted octanol–water partition coefficient (Wildman–Crippen LogP) is 2.03. The van der Waals surface area contributed by atoms with Crippen molar-refractivity contribution < 1.29 is 4.74 Å². The average Bonchev–Trinajstić information content (AvgIpc) is 2.38. The molecule has 0 radical (unpaired) electrons. The summed E-state index contributed by atoms with van der Waals surface area (Å²) in [5, 5.41) is 0. The lowest BCUT2D eigenvalue weighted by molar-refractivity contribution is 0.0902. The van der Waals surface area contributed by atoms with E-state index in [-0.39, 0.29) is 0 Å². The van der Waals surface area contributed by atoms with Crippen molar-refractivity contribution >= 4 is 12.2 Å². The van der Waals surface area contributed by atoms with Gasteiger partial charge >= 0.3 is 0 Å². The van der Waals surface area contributed by atoms with E-state index in [1.165, 1.54) is 5.56 Å². The first-order chi connectivity index (χ1) is 9.42. The van der Waals surface area contributed by atoms with Gasteiger partial charge in [0.05, 0.1) is 0 Å². The summed E-state index contributed by atoms with van der Waals surface area (Å²) >= 11 is 0. The molecule has 4 heteroatoms. The van der Waals surface area contributed by atoms with E-state index in [4.69, 9.17) is 21.9 Å². The van der Waals surface area contributed by atoms with Crippen LogP contribution in [-0.4, -0.2) is 5.97 Å². The summed E-state index contributed by atoms with van der Waals surface area (Å²) < 4.78 is 5.14. The maximum absolute atomic E-state index is 5.37. The Morgan fingerprint density at radius 3 is 1.70 bits per heavy atom. The van der Waals surface area contributed by atoms with E-state index >= 15 is 0 Å². The highest BCUT2D eigenvalue weighted by Crippen LogP contribution is 2.15. The Labute approximate surface area is 118 Å². The second kappa shape index (κ2) is 5.88. The second-order valence-corrected chi connectivity index (χ2v) is 4.77. The monoisotopic (exact) mass is 269 g/mol. The molecule has 0 bridgehead atoms. The van der Waals surface area contributed by atoms with Gasteiger partial charge in [0, 0.05) is 0 Å². The molecule has 0 saturated carbocycles. The molecule has 0 unspecified atom stereocenters. The summed E-state index contributed by atoms with van der Waals surface area (Å²) in [5.41, 5.74) is 19.6. The fraction of sp³-hybridized carbons (Fsp3) is 0.125. The van der Waals surface area contributed by atoms with Gasteiger partial charge in [0.25, 0.3) is 5.97 Å². The molecule has 0 atom stereocenters. The van der Waals surface area contributed by atoms with Crippen LogP contribution in [0.3, 0.4) is 0 Å². The molecule has 0 aliphatic carbocycles. The first kappa shape index (κ1) is 14.3. The third-order valence-electron chi connectivity index (χ3n) is 2.72. The van der Waals surface area contributed by atoms with Crippen LogP contribution < -0.4 is 21.9 Å². The van der Waals surface area contributed by atoms with Gasteiger partial charge in [0.2, 0.25) is 0 Å². The first-order valence-corrected chi connectivity index (χ1v) is 6.33. The molecule has 0 aliphatic heterocycles. The van der Waals surface area contributed by atoms with E-state index in [2.05, 4.69) is 31.2 Å². The second-order valence-electron chi connectivity index (χ2n) is 4.77. The minimum atomic E-state index is -1.65. The first-order valence-electron chi connectivity index (χ1n) is 6.33. The molecule has 104 valence electrons. The van der Waals surface area contributed by atoms with Gasteiger partial charge in [0.15, 0.2) is 0 Å². The van der Waals surface area contributed by atoms with Crippen LogP contribution in [-0.2, 0) is 0 Å². The maximum Gasteiger partial charge on any atom is 0.271 e. The Hall–Kier alpha value is -2.14. The minimum Gasteiger partial charge on any atom is -0.447 e. The summed E-state index contributed by atoms with van der Waals surface area (Å²) in [6.07, 6.45) is 4.07. The van der Waals surface area contributed by atoms with Crippen molar-refractivity contribution in [3.63, 3.8) is 0 Å². The quantitative estimate of drug-likeness (QED) is 0.585. The van der Waals surface area contributed by atoms with Crippen molar-refractivity contribution in [3.8, 4) is 5.75 Å². The van der Waals surface area contributed by atoms with Crippen LogP contribution in [0.2, 0.25) is 0 Å². The largest absolute Gasteiger partial charge is 0.447 e. The number of hydrogen-bond acceptors (Lipinski definition) is 4. The molecule has 0 heterocycles. The van der Waals surface area contributed by atoms with Crippen LogP contribution in [0.1, 0.15) is 16.7 Å². The van der Waals surface area contributed by atoms with Gasteiger partial charge < -0.3 is 4.74 Å². The Balaban J connectivity index is 2.05. The average molecular weight is 269 g/mol. The molecule has 20 heavy (non-hydrogen) atoms. The van der Waals surface area contributed by atoms with Crippen molar-refractivity contribution in [2.24, 2.45) is 17.2 Å². The maximum atomic E-state index is 5.37. The number of rotatable bonds is 4. The van der Waals surface area contributed by atoms with Crippen LogP contribution >= 0.6 is 0 Å². The lowest BCUT2D eigenvalue weighted by atomic mass is 10.1. The van der Waals surface area contributed by atoms with E-state index in [1.54, 1.807) is 12.1 Å². The molecule has 2 rings (SSSR count). The number of nitrogens with two attached hydrogens (primary N) is 3. The normalized spacial score (nSPS) is 11.8. The molecule has 6 N–H and O–H groups in total. The lowest BCUT2D eigenvalue weighted by Gasteiger charge is -2.20. The highest BCUT2D eigenvalue weighted by molar-refractivity contribution is 5.69. The summed E-state index contributed by atoms with van der Waals surface area (Å²) in [7, 11) is 0. The zero-order chi connectivity index (χ0) is 14.6. The molecule has 2 aromatic carbocycles. The lowest BCUT2D eigenvalue weighted by Crippen LogP contribution is -2.62. The molecule has 0 fully saturated rings. The van der Waals surface area contributed by atoms with Gasteiger partial charge in [-0.1, -0.05) is 54.1 Å². The van der Waals surface area contributed by atoms with Crippen LogP contribution in [0, 0.1) is 6.92 Å². The fourth-order valence-corrected chi connectivity index (χ4v) is 1.72. The Morgan fingerprint density at radius 1 is 0.800 bits per heavy atom. The van der Waals surface area contributed by atoms with Gasteiger partial charge in [-0.15, -0.1) is 0 Å². The van der Waals surface area contributed by atoms with Crippen LogP contribution in [0.4, 0.5) is 0 Å². The molecule has 0 amide bonds. The van der Waals surface area contributed by atoms with Crippen LogP contribution in [0.25, 0.3) is 12.2 Å². The van der Waals surface area contributed by atoms with E-state index in [1.807, 2.05) is 24.3 Å². The smallest absolute Gasteiger partial charge is 0.271 e. The van der Waals surface area contributed by atoms with Gasteiger partial charge in [-0.3, -0.25) is 17.2 Å². The van der Waals surface area contributed by atoms with Crippen molar-refractivity contribution in [2.45, 2.75) is 12.9 Å². The standard InChI is InChI=1S/C16H19N3O/c1-12-2-4-13(5-3-12)6-7-14-8-10-15(11-9-14)20-16(17,18)19/h2-11H,17-19H2,1H3. The number of ether oxygens (including phenoxy) is 1. The topological polar surface area (TPSA) is 87.3 Å². The molecule has 0 saturated heterocycles. The molecule has 0 aliphatic rings. The van der Waals surface area contributed by atoms with E-state index < -0.39 is 5.97 Å². The molecule has 0 spiro atoms. The van der Waals surface area contributed by atoms with Crippen molar-refractivity contribution in [1.82, 2.24) is 0 Å². The third kappa shape index (κ3) is 4.51. The SMILES string of the molecule is Cc1ccc(C=Cc2ccc(OC(N)(N)N)cc2)cc1. The third-order valence-corrected chi connectivity index (χ3v) is 2.72. The van der Waals surface area contributed by atoms with Crippen LogP contribution in [0.5, 0.6) is 5.75 Å². The molecule has 2 aromatic rings. The summed E-state index contributed by atoms with van der Waals surface area (Å²) in [4.78, 5) is 0. The minimum absolute atomic E-state index is 0.532. The molecular formula is C16H19N3O. The van der Waals surface area contributed by atoms with Crippen molar-refractivity contribution in [1.29, 1.82) is 0 Å². The molecule has 0 aromatic heterocycles. The molecule has 4 nitrogen and oxygen atoms in total. The molecular weight excluding hydrogens is 250 g/mol. The van der Waals surface area contributed by atoms with Gasteiger partial charge in [-0.25, -0.2) is 0 Å². The zero-order valence-electron chi connectivity index (χ0n) is 11.4. The van der Waals surface area contributed by atoms with E-state index in [0.29, 0.717) is 5.75 Å².